The zero-order valence-corrected chi connectivity index (χ0v) is 12.7. The normalized spacial score (nSPS) is 11.0. The number of imidazole rings is 1. The van der Waals surface area contributed by atoms with Gasteiger partial charge in [-0.2, -0.15) is 0 Å². The Labute approximate surface area is 137 Å². The Morgan fingerprint density at radius 3 is 2.35 bits per heavy atom. The second-order valence-corrected chi connectivity index (χ2v) is 5.55. The van der Waals surface area contributed by atoms with Crippen LogP contribution in [0.4, 0.5) is 4.39 Å². The summed E-state index contributed by atoms with van der Waals surface area (Å²) in [5.41, 5.74) is 3.46. The Bertz CT molecular complexity index is 976. The second kappa shape index (κ2) is 5.48. The summed E-state index contributed by atoms with van der Waals surface area (Å²) in [6.45, 7) is 0. The molecule has 4 aromatic rings. The zero-order chi connectivity index (χ0) is 15.8. The van der Waals surface area contributed by atoms with E-state index in [4.69, 9.17) is 11.6 Å². The molecule has 0 bridgehead atoms. The van der Waals surface area contributed by atoms with Gasteiger partial charge in [-0.05, 0) is 42.5 Å². The van der Waals surface area contributed by atoms with E-state index >= 15 is 0 Å². The lowest BCUT2D eigenvalue weighted by Crippen LogP contribution is -1.90. The maximum Gasteiger partial charge on any atom is 0.234 e. The van der Waals surface area contributed by atoms with Gasteiger partial charge in [0.25, 0.3) is 0 Å². The van der Waals surface area contributed by atoms with Gasteiger partial charge in [-0.1, -0.05) is 23.7 Å². The van der Waals surface area contributed by atoms with Crippen molar-refractivity contribution in [3.8, 4) is 22.5 Å². The minimum atomic E-state index is -0.274. The molecule has 0 N–H and O–H groups in total. The van der Waals surface area contributed by atoms with Gasteiger partial charge in [0.2, 0.25) is 5.78 Å². The molecule has 2 aromatic heterocycles. The van der Waals surface area contributed by atoms with Crippen LogP contribution in [-0.4, -0.2) is 14.4 Å². The molecule has 0 aliphatic carbocycles. The topological polar surface area (TPSA) is 30.2 Å². The average molecular weight is 324 g/mol. The minimum absolute atomic E-state index is 0.274. The molecule has 0 saturated carbocycles. The lowest BCUT2D eigenvalue weighted by atomic mass is 10.0. The fourth-order valence-corrected chi connectivity index (χ4v) is 2.71. The van der Waals surface area contributed by atoms with E-state index in [9.17, 15) is 4.39 Å². The van der Waals surface area contributed by atoms with Crippen molar-refractivity contribution < 1.29 is 4.39 Å². The van der Waals surface area contributed by atoms with Gasteiger partial charge in [0.15, 0.2) is 0 Å². The summed E-state index contributed by atoms with van der Waals surface area (Å²) >= 11 is 5.99. The van der Waals surface area contributed by atoms with Crippen LogP contribution in [0.1, 0.15) is 0 Å². The fourth-order valence-electron chi connectivity index (χ4n) is 2.58. The Morgan fingerprint density at radius 2 is 1.61 bits per heavy atom. The first-order valence-corrected chi connectivity index (χ1v) is 7.45. The van der Waals surface area contributed by atoms with E-state index in [0.29, 0.717) is 10.8 Å². The van der Waals surface area contributed by atoms with Gasteiger partial charge < -0.3 is 0 Å². The third-order valence-corrected chi connectivity index (χ3v) is 3.89. The smallest absolute Gasteiger partial charge is 0.234 e. The number of hydrogen-bond donors (Lipinski definition) is 0. The Hall–Kier alpha value is -2.72. The van der Waals surface area contributed by atoms with Gasteiger partial charge in [-0.25, -0.2) is 14.4 Å². The molecular formula is C18H11ClFN3. The van der Waals surface area contributed by atoms with Crippen LogP contribution in [-0.2, 0) is 0 Å². The van der Waals surface area contributed by atoms with Gasteiger partial charge in [0, 0.05) is 28.5 Å². The van der Waals surface area contributed by atoms with Gasteiger partial charge >= 0.3 is 0 Å². The van der Waals surface area contributed by atoms with Gasteiger partial charge in [0.05, 0.1) is 11.4 Å². The molecule has 0 unspecified atom stereocenters. The maximum atomic E-state index is 13.2. The van der Waals surface area contributed by atoms with Crippen LogP contribution >= 0.6 is 11.6 Å². The minimum Gasteiger partial charge on any atom is -0.283 e. The SMILES string of the molecule is Fc1ccc(-c2nc3ncccn3c2-c2ccc(Cl)cc2)cc1. The van der Waals surface area contributed by atoms with Crippen molar-refractivity contribution in [3.63, 3.8) is 0 Å². The van der Waals surface area contributed by atoms with Crippen molar-refractivity contribution in [2.75, 3.05) is 0 Å². The van der Waals surface area contributed by atoms with Crippen molar-refractivity contribution in [2.24, 2.45) is 0 Å². The summed E-state index contributed by atoms with van der Waals surface area (Å²) in [6, 6.07) is 15.7. The van der Waals surface area contributed by atoms with E-state index in [1.807, 2.05) is 40.9 Å². The number of halogens is 2. The van der Waals surface area contributed by atoms with Crippen LogP contribution in [0, 0.1) is 5.82 Å². The molecule has 0 aliphatic rings. The maximum absolute atomic E-state index is 13.2. The van der Waals surface area contributed by atoms with Crippen molar-refractivity contribution in [1.29, 1.82) is 0 Å². The first kappa shape index (κ1) is 13.9. The third kappa shape index (κ3) is 2.47. The van der Waals surface area contributed by atoms with Crippen LogP contribution in [0.3, 0.4) is 0 Å². The summed E-state index contributed by atoms with van der Waals surface area (Å²) in [6.07, 6.45) is 3.61. The van der Waals surface area contributed by atoms with Gasteiger partial charge in [-0.3, -0.25) is 4.40 Å². The molecule has 112 valence electrons. The number of hydrogen-bond acceptors (Lipinski definition) is 2. The summed E-state index contributed by atoms with van der Waals surface area (Å²) in [7, 11) is 0. The number of fused-ring (bicyclic) bond motifs is 1. The first-order valence-electron chi connectivity index (χ1n) is 7.07. The van der Waals surface area contributed by atoms with E-state index in [1.165, 1.54) is 12.1 Å². The number of nitrogens with zero attached hydrogens (tertiary/aromatic N) is 3. The lowest BCUT2D eigenvalue weighted by molar-refractivity contribution is 0.628. The molecule has 4 rings (SSSR count). The van der Waals surface area contributed by atoms with Crippen LogP contribution < -0.4 is 0 Å². The highest BCUT2D eigenvalue weighted by atomic mass is 35.5. The summed E-state index contributed by atoms with van der Waals surface area (Å²) in [5.74, 6) is 0.320. The van der Waals surface area contributed by atoms with Crippen molar-refractivity contribution in [3.05, 3.63) is 77.8 Å². The molecule has 0 fully saturated rings. The predicted octanol–water partition coefficient (Wildman–Crippen LogP) is 4.86. The fraction of sp³-hybridized carbons (Fsp3) is 0. The standard InChI is InChI=1S/C18H11ClFN3/c19-14-6-2-13(3-7-14)17-16(12-4-8-15(20)9-5-12)22-18-21-10-1-11-23(17)18/h1-11H. The Kier molecular flexibility index (Phi) is 3.32. The van der Waals surface area contributed by atoms with E-state index in [0.717, 1.165) is 22.5 Å². The van der Waals surface area contributed by atoms with E-state index in [1.54, 1.807) is 18.3 Å². The highest BCUT2D eigenvalue weighted by Crippen LogP contribution is 2.32. The van der Waals surface area contributed by atoms with E-state index in [2.05, 4.69) is 9.97 Å². The summed E-state index contributed by atoms with van der Waals surface area (Å²) < 4.78 is 15.1. The second-order valence-electron chi connectivity index (χ2n) is 5.11. The Morgan fingerprint density at radius 1 is 0.913 bits per heavy atom. The molecule has 0 radical (unpaired) electrons. The zero-order valence-electron chi connectivity index (χ0n) is 11.9. The molecular weight excluding hydrogens is 313 g/mol. The van der Waals surface area contributed by atoms with Gasteiger partial charge in [-0.15, -0.1) is 0 Å². The number of rotatable bonds is 2. The molecule has 0 aliphatic heterocycles. The molecule has 2 heterocycles. The van der Waals surface area contributed by atoms with Crippen molar-refractivity contribution in [1.82, 2.24) is 14.4 Å². The highest BCUT2D eigenvalue weighted by molar-refractivity contribution is 6.30. The number of aromatic nitrogens is 3. The van der Waals surface area contributed by atoms with E-state index < -0.39 is 0 Å². The molecule has 0 spiro atoms. The summed E-state index contributed by atoms with van der Waals surface area (Å²) in [5, 5.41) is 0.670. The molecule has 0 atom stereocenters. The van der Waals surface area contributed by atoms with Gasteiger partial charge in [0.1, 0.15) is 5.82 Å². The quantitative estimate of drug-likeness (QED) is 0.527. The van der Waals surface area contributed by atoms with Crippen molar-refractivity contribution in [2.45, 2.75) is 0 Å². The molecule has 0 amide bonds. The van der Waals surface area contributed by atoms with Crippen LogP contribution in [0.2, 0.25) is 5.02 Å². The monoisotopic (exact) mass is 323 g/mol. The average Bonchev–Trinajstić information content (AvgIpc) is 2.96. The highest BCUT2D eigenvalue weighted by Gasteiger charge is 2.16. The van der Waals surface area contributed by atoms with Crippen LogP contribution in [0.25, 0.3) is 28.3 Å². The molecule has 0 saturated heterocycles. The molecule has 2 aromatic carbocycles. The van der Waals surface area contributed by atoms with E-state index in [-0.39, 0.29) is 5.82 Å². The van der Waals surface area contributed by atoms with Crippen LogP contribution in [0.5, 0.6) is 0 Å². The third-order valence-electron chi connectivity index (χ3n) is 3.64. The largest absolute Gasteiger partial charge is 0.283 e. The summed E-state index contributed by atoms with van der Waals surface area (Å²) in [4.78, 5) is 8.91. The first-order chi connectivity index (χ1) is 11.2. The molecule has 3 nitrogen and oxygen atoms in total. The molecule has 23 heavy (non-hydrogen) atoms. The molecule has 5 heteroatoms. The number of benzene rings is 2. The predicted molar refractivity (Wildman–Crippen MR) is 88.8 cm³/mol. The Balaban J connectivity index is 2.01. The van der Waals surface area contributed by atoms with Crippen molar-refractivity contribution >= 4 is 17.4 Å². The van der Waals surface area contributed by atoms with Crippen LogP contribution in [0.15, 0.2) is 67.0 Å². The lowest BCUT2D eigenvalue weighted by Gasteiger charge is -2.06.